The maximum absolute atomic E-state index is 13.1. The first kappa shape index (κ1) is 12.4. The summed E-state index contributed by atoms with van der Waals surface area (Å²) in [6, 6.07) is 2.71. The quantitative estimate of drug-likeness (QED) is 0.592. The Morgan fingerprint density at radius 3 is 2.50 bits per heavy atom. The second kappa shape index (κ2) is 4.87. The zero-order valence-electron chi connectivity index (χ0n) is 8.22. The fraction of sp³-hybridized carbons (Fsp3) is 0.200. The summed E-state index contributed by atoms with van der Waals surface area (Å²) in [7, 11) is 1.34. The Hall–Kier alpha value is -1.72. The van der Waals surface area contributed by atoms with Crippen molar-refractivity contribution >= 4 is 6.08 Å². The van der Waals surface area contributed by atoms with Crippen molar-refractivity contribution in [2.75, 3.05) is 7.11 Å². The van der Waals surface area contributed by atoms with Crippen LogP contribution in [-0.4, -0.2) is 13.5 Å². The molecule has 0 unspecified atom stereocenters. The third-order valence-electron chi connectivity index (χ3n) is 1.58. The molecule has 0 aliphatic heterocycles. The van der Waals surface area contributed by atoms with E-state index < -0.39 is 17.9 Å². The van der Waals surface area contributed by atoms with Gasteiger partial charge in [-0.05, 0) is 24.3 Å². The molecule has 0 N–H and O–H groups in total. The summed E-state index contributed by atoms with van der Waals surface area (Å²) in [5.41, 5.74) is -0.0522. The summed E-state index contributed by atoms with van der Waals surface area (Å²) in [4.78, 5) is 0. The first-order chi connectivity index (χ1) is 7.42. The average Bonchev–Trinajstić information content (AvgIpc) is 2.17. The molecule has 0 fully saturated rings. The van der Waals surface area contributed by atoms with Crippen LogP contribution in [0.25, 0.3) is 6.08 Å². The number of rotatable bonds is 3. The third kappa shape index (κ3) is 3.80. The molecule has 2 nitrogen and oxygen atoms in total. The molecule has 0 aromatic heterocycles. The monoisotopic (exact) mass is 236 g/mol. The molecule has 0 saturated heterocycles. The maximum atomic E-state index is 13.1. The summed E-state index contributed by atoms with van der Waals surface area (Å²) in [6.07, 6.45) is -2.45. The lowest BCUT2D eigenvalue weighted by molar-refractivity contribution is -0.274. The normalized spacial score (nSPS) is 11.8. The Balaban J connectivity index is 2.94. The number of methoxy groups -OCH3 is 1. The van der Waals surface area contributed by atoms with Crippen molar-refractivity contribution in [3.05, 3.63) is 35.8 Å². The van der Waals surface area contributed by atoms with Gasteiger partial charge in [0.05, 0.1) is 13.4 Å². The lowest BCUT2D eigenvalue weighted by Crippen LogP contribution is -2.17. The Labute approximate surface area is 89.1 Å². The zero-order valence-corrected chi connectivity index (χ0v) is 8.22. The number of hydrogen-bond acceptors (Lipinski definition) is 2. The number of halogens is 4. The maximum Gasteiger partial charge on any atom is 0.573 e. The fourth-order valence-electron chi connectivity index (χ4n) is 0.988. The van der Waals surface area contributed by atoms with E-state index >= 15 is 0 Å². The summed E-state index contributed by atoms with van der Waals surface area (Å²) in [5.74, 6) is -1.15. The van der Waals surface area contributed by atoms with Gasteiger partial charge in [0.25, 0.3) is 0 Å². The van der Waals surface area contributed by atoms with Crippen molar-refractivity contribution in [3.63, 3.8) is 0 Å². The number of hydrogen-bond donors (Lipinski definition) is 0. The van der Waals surface area contributed by atoms with Crippen LogP contribution < -0.4 is 4.74 Å². The highest BCUT2D eigenvalue weighted by Gasteiger charge is 2.31. The van der Waals surface area contributed by atoms with Gasteiger partial charge < -0.3 is 9.47 Å². The smallest absolute Gasteiger partial charge is 0.504 e. The standard InChI is InChI=1S/C10H8F4O2/c1-15-5-4-7-6-8(2-3-9(7)11)16-10(12,13)14/h2-6H,1H3/b5-4+. The van der Waals surface area contributed by atoms with E-state index in [0.29, 0.717) is 0 Å². The first-order valence-electron chi connectivity index (χ1n) is 4.17. The van der Waals surface area contributed by atoms with Crippen LogP contribution in [0.1, 0.15) is 5.56 Å². The summed E-state index contributed by atoms with van der Waals surface area (Å²) in [5, 5.41) is 0. The average molecular weight is 236 g/mol. The molecule has 1 aromatic rings. The van der Waals surface area contributed by atoms with Gasteiger partial charge in [0.1, 0.15) is 11.6 Å². The predicted octanol–water partition coefficient (Wildman–Crippen LogP) is 3.34. The van der Waals surface area contributed by atoms with Crippen LogP contribution in [0.4, 0.5) is 17.6 Å². The van der Waals surface area contributed by atoms with Crippen LogP contribution in [0.3, 0.4) is 0 Å². The summed E-state index contributed by atoms with van der Waals surface area (Å²) in [6.45, 7) is 0. The number of benzene rings is 1. The molecule has 0 spiro atoms. The van der Waals surface area contributed by atoms with Crippen molar-refractivity contribution in [1.82, 2.24) is 0 Å². The van der Waals surface area contributed by atoms with Crippen LogP contribution in [0.5, 0.6) is 5.75 Å². The minimum absolute atomic E-state index is 0.0522. The van der Waals surface area contributed by atoms with Crippen molar-refractivity contribution in [2.24, 2.45) is 0 Å². The van der Waals surface area contributed by atoms with E-state index in [1.54, 1.807) is 0 Å². The van der Waals surface area contributed by atoms with Crippen molar-refractivity contribution in [2.45, 2.75) is 6.36 Å². The van der Waals surface area contributed by atoms with Crippen molar-refractivity contribution in [1.29, 1.82) is 0 Å². The highest BCUT2D eigenvalue weighted by Crippen LogP contribution is 2.25. The van der Waals surface area contributed by atoms with Gasteiger partial charge in [-0.15, -0.1) is 13.2 Å². The molecular weight excluding hydrogens is 228 g/mol. The molecule has 6 heteroatoms. The van der Waals surface area contributed by atoms with Gasteiger partial charge in [0, 0.05) is 5.56 Å². The van der Waals surface area contributed by atoms with Gasteiger partial charge in [-0.2, -0.15) is 0 Å². The van der Waals surface area contributed by atoms with Gasteiger partial charge in [0.15, 0.2) is 0 Å². The summed E-state index contributed by atoms with van der Waals surface area (Å²) < 4.78 is 56.9. The second-order valence-corrected chi connectivity index (χ2v) is 2.77. The molecule has 16 heavy (non-hydrogen) atoms. The minimum atomic E-state index is -4.79. The Morgan fingerprint density at radius 2 is 1.94 bits per heavy atom. The molecule has 0 aliphatic carbocycles. The van der Waals surface area contributed by atoms with Crippen molar-refractivity contribution in [3.8, 4) is 5.75 Å². The molecule has 88 valence electrons. The van der Waals surface area contributed by atoms with E-state index in [0.717, 1.165) is 24.5 Å². The molecule has 0 radical (unpaired) electrons. The third-order valence-corrected chi connectivity index (χ3v) is 1.58. The number of ether oxygens (including phenoxy) is 2. The van der Waals surface area contributed by atoms with Crippen LogP contribution >= 0.6 is 0 Å². The second-order valence-electron chi connectivity index (χ2n) is 2.77. The van der Waals surface area contributed by atoms with E-state index in [2.05, 4.69) is 9.47 Å². The lowest BCUT2D eigenvalue weighted by atomic mass is 10.2. The van der Waals surface area contributed by atoms with Crippen molar-refractivity contribution < 1.29 is 27.0 Å². The topological polar surface area (TPSA) is 18.5 Å². The molecular formula is C10H8F4O2. The molecule has 1 rings (SSSR count). The SMILES string of the molecule is CO/C=C/c1cc(OC(F)(F)F)ccc1F. The first-order valence-corrected chi connectivity index (χ1v) is 4.17. The van der Waals surface area contributed by atoms with Gasteiger partial charge in [0.2, 0.25) is 0 Å². The summed E-state index contributed by atoms with van der Waals surface area (Å²) >= 11 is 0. The van der Waals surface area contributed by atoms with Gasteiger partial charge >= 0.3 is 6.36 Å². The Kier molecular flexibility index (Phi) is 3.76. The Morgan fingerprint density at radius 1 is 1.25 bits per heavy atom. The lowest BCUT2D eigenvalue weighted by Gasteiger charge is -2.09. The van der Waals surface area contributed by atoms with Gasteiger partial charge in [-0.1, -0.05) is 0 Å². The predicted molar refractivity (Wildman–Crippen MR) is 49.1 cm³/mol. The van der Waals surface area contributed by atoms with E-state index in [4.69, 9.17) is 0 Å². The molecule has 0 aliphatic rings. The molecule has 0 heterocycles. The molecule has 0 atom stereocenters. The van der Waals surface area contributed by atoms with Crippen LogP contribution in [-0.2, 0) is 4.74 Å². The largest absolute Gasteiger partial charge is 0.573 e. The molecule has 0 amide bonds. The van der Waals surface area contributed by atoms with Crippen LogP contribution in [0, 0.1) is 5.82 Å². The molecule has 0 bridgehead atoms. The minimum Gasteiger partial charge on any atom is -0.504 e. The van der Waals surface area contributed by atoms with Crippen LogP contribution in [0.2, 0.25) is 0 Å². The van der Waals surface area contributed by atoms with Gasteiger partial charge in [-0.3, -0.25) is 0 Å². The van der Waals surface area contributed by atoms with E-state index in [9.17, 15) is 17.6 Å². The van der Waals surface area contributed by atoms with Crippen LogP contribution in [0.15, 0.2) is 24.5 Å². The molecule has 1 aromatic carbocycles. The Bertz CT molecular complexity index is 385. The highest BCUT2D eigenvalue weighted by molar-refractivity contribution is 5.51. The van der Waals surface area contributed by atoms with E-state index in [1.165, 1.54) is 13.2 Å². The van der Waals surface area contributed by atoms with E-state index in [-0.39, 0.29) is 5.56 Å². The van der Waals surface area contributed by atoms with Gasteiger partial charge in [-0.25, -0.2) is 4.39 Å². The zero-order chi connectivity index (χ0) is 12.2. The fourth-order valence-corrected chi connectivity index (χ4v) is 0.988. The highest BCUT2D eigenvalue weighted by atomic mass is 19.4. The molecule has 0 saturated carbocycles. The number of alkyl halides is 3. The van der Waals surface area contributed by atoms with E-state index in [1.807, 2.05) is 0 Å².